The molecular formula is C24H18. The largest absolute Gasteiger partial charge is 0.0616 e. The van der Waals surface area contributed by atoms with Crippen molar-refractivity contribution in [1.29, 1.82) is 0 Å². The molecule has 5 aromatic carbocycles. The van der Waals surface area contributed by atoms with Crippen LogP contribution in [0.25, 0.3) is 43.1 Å². The van der Waals surface area contributed by atoms with E-state index >= 15 is 0 Å². The molecule has 0 unspecified atom stereocenters. The van der Waals surface area contributed by atoms with Crippen molar-refractivity contribution in [2.24, 2.45) is 0 Å². The summed E-state index contributed by atoms with van der Waals surface area (Å²) in [7, 11) is 0. The average Bonchev–Trinajstić information content (AvgIpc) is 2.64. The molecule has 0 nitrogen and oxygen atoms in total. The second kappa shape index (κ2) is 4.82. The normalized spacial score (nSPS) is 11.8. The maximum Gasteiger partial charge on any atom is -0.00176 e. The Hall–Kier alpha value is -2.86. The third-order valence-corrected chi connectivity index (χ3v) is 5.42. The highest BCUT2D eigenvalue weighted by Crippen LogP contribution is 2.40. The van der Waals surface area contributed by atoms with Gasteiger partial charge in [-0.1, -0.05) is 72.8 Å². The summed E-state index contributed by atoms with van der Waals surface area (Å²) < 4.78 is 0. The first-order valence-electron chi connectivity index (χ1n) is 8.48. The first kappa shape index (κ1) is 13.6. The van der Waals surface area contributed by atoms with Crippen LogP contribution in [0.1, 0.15) is 11.1 Å². The summed E-state index contributed by atoms with van der Waals surface area (Å²) in [6, 6.07) is 26.6. The average molecular weight is 306 g/mol. The van der Waals surface area contributed by atoms with Crippen molar-refractivity contribution < 1.29 is 0 Å². The van der Waals surface area contributed by atoms with E-state index in [1.165, 1.54) is 54.2 Å². The minimum atomic E-state index is 1.31. The fraction of sp³-hybridized carbons (Fsp3) is 0.0833. The predicted octanol–water partition coefficient (Wildman–Crippen LogP) is 6.92. The van der Waals surface area contributed by atoms with Crippen molar-refractivity contribution in [3.05, 3.63) is 83.9 Å². The third-order valence-electron chi connectivity index (χ3n) is 5.42. The highest BCUT2D eigenvalue weighted by molar-refractivity contribution is 6.32. The third kappa shape index (κ3) is 1.68. The molecule has 0 heterocycles. The lowest BCUT2D eigenvalue weighted by molar-refractivity contribution is 1.39. The van der Waals surface area contributed by atoms with E-state index in [1.807, 2.05) is 0 Å². The zero-order valence-corrected chi connectivity index (χ0v) is 13.9. The van der Waals surface area contributed by atoms with Gasteiger partial charge in [0.25, 0.3) is 0 Å². The Labute approximate surface area is 141 Å². The van der Waals surface area contributed by atoms with Gasteiger partial charge in [-0.15, -0.1) is 0 Å². The van der Waals surface area contributed by atoms with E-state index in [4.69, 9.17) is 0 Å². The van der Waals surface area contributed by atoms with Gasteiger partial charge in [-0.2, -0.15) is 0 Å². The molecule has 0 aliphatic heterocycles. The van der Waals surface area contributed by atoms with E-state index < -0.39 is 0 Å². The molecule has 0 aliphatic carbocycles. The van der Waals surface area contributed by atoms with Crippen LogP contribution in [0.2, 0.25) is 0 Å². The molecule has 114 valence electrons. The van der Waals surface area contributed by atoms with Crippen molar-refractivity contribution in [1.82, 2.24) is 0 Å². The molecule has 0 radical (unpaired) electrons. The SMILES string of the molecule is Cc1ccc2c3ccccc3c3ccc4ccccc4c3c2c1C. The minimum Gasteiger partial charge on any atom is -0.0616 e. The van der Waals surface area contributed by atoms with Crippen LogP contribution in [0.15, 0.2) is 72.8 Å². The number of hydrogen-bond donors (Lipinski definition) is 0. The van der Waals surface area contributed by atoms with E-state index in [-0.39, 0.29) is 0 Å². The standard InChI is InChI=1S/C24H18/c1-15-11-13-21-19-9-5-6-10-20(19)22-14-12-17-7-3-4-8-18(17)24(22)23(21)16(15)2/h3-14H,1-2H3. The lowest BCUT2D eigenvalue weighted by Gasteiger charge is -2.15. The number of aryl methyl sites for hydroxylation is 2. The van der Waals surface area contributed by atoms with Crippen LogP contribution < -0.4 is 0 Å². The minimum absolute atomic E-state index is 1.31. The van der Waals surface area contributed by atoms with Crippen LogP contribution in [0.4, 0.5) is 0 Å². The van der Waals surface area contributed by atoms with Crippen LogP contribution in [-0.2, 0) is 0 Å². The lowest BCUT2D eigenvalue weighted by Crippen LogP contribution is -1.89. The van der Waals surface area contributed by atoms with Gasteiger partial charge in [0.1, 0.15) is 0 Å². The van der Waals surface area contributed by atoms with Gasteiger partial charge in [-0.25, -0.2) is 0 Å². The second-order valence-corrected chi connectivity index (χ2v) is 6.68. The molecule has 0 saturated heterocycles. The van der Waals surface area contributed by atoms with Gasteiger partial charge in [0, 0.05) is 0 Å². The topological polar surface area (TPSA) is 0 Å². The Morgan fingerprint density at radius 3 is 1.79 bits per heavy atom. The highest BCUT2D eigenvalue weighted by atomic mass is 14.2. The van der Waals surface area contributed by atoms with Gasteiger partial charge in [0.05, 0.1) is 0 Å². The Morgan fingerprint density at radius 1 is 0.458 bits per heavy atom. The summed E-state index contributed by atoms with van der Waals surface area (Å²) in [5.74, 6) is 0. The van der Waals surface area contributed by atoms with E-state index in [9.17, 15) is 0 Å². The van der Waals surface area contributed by atoms with Crippen LogP contribution >= 0.6 is 0 Å². The lowest BCUT2D eigenvalue weighted by atomic mass is 9.88. The highest BCUT2D eigenvalue weighted by Gasteiger charge is 2.13. The van der Waals surface area contributed by atoms with E-state index in [2.05, 4.69) is 86.6 Å². The van der Waals surface area contributed by atoms with Gasteiger partial charge in [-0.05, 0) is 68.1 Å². The molecule has 0 N–H and O–H groups in total. The molecule has 0 bridgehead atoms. The van der Waals surface area contributed by atoms with Crippen LogP contribution in [-0.4, -0.2) is 0 Å². The number of fused-ring (bicyclic) bond motifs is 8. The molecule has 24 heavy (non-hydrogen) atoms. The summed E-state index contributed by atoms with van der Waals surface area (Å²) in [5, 5.41) is 10.8. The van der Waals surface area contributed by atoms with Crippen molar-refractivity contribution >= 4 is 43.1 Å². The van der Waals surface area contributed by atoms with Crippen molar-refractivity contribution in [3.63, 3.8) is 0 Å². The summed E-state index contributed by atoms with van der Waals surface area (Å²) in [6.45, 7) is 4.47. The first-order chi connectivity index (χ1) is 11.8. The number of rotatable bonds is 0. The van der Waals surface area contributed by atoms with Crippen molar-refractivity contribution in [3.8, 4) is 0 Å². The quantitative estimate of drug-likeness (QED) is 0.272. The zero-order valence-electron chi connectivity index (χ0n) is 13.9. The Morgan fingerprint density at radius 2 is 1.04 bits per heavy atom. The molecule has 0 atom stereocenters. The summed E-state index contributed by atoms with van der Waals surface area (Å²) in [4.78, 5) is 0. The van der Waals surface area contributed by atoms with Crippen molar-refractivity contribution in [2.45, 2.75) is 13.8 Å². The molecule has 5 aromatic rings. The Balaban J connectivity index is 2.26. The van der Waals surface area contributed by atoms with Gasteiger partial charge >= 0.3 is 0 Å². The Bertz CT molecular complexity index is 1260. The van der Waals surface area contributed by atoms with Gasteiger partial charge in [-0.3, -0.25) is 0 Å². The molecular weight excluding hydrogens is 288 g/mol. The van der Waals surface area contributed by atoms with Crippen molar-refractivity contribution in [2.75, 3.05) is 0 Å². The summed E-state index contributed by atoms with van der Waals surface area (Å²) in [6.07, 6.45) is 0. The molecule has 0 saturated carbocycles. The zero-order chi connectivity index (χ0) is 16.3. The first-order valence-corrected chi connectivity index (χ1v) is 8.48. The van der Waals surface area contributed by atoms with E-state index in [1.54, 1.807) is 0 Å². The summed E-state index contributed by atoms with van der Waals surface area (Å²) in [5.41, 5.74) is 2.74. The second-order valence-electron chi connectivity index (χ2n) is 6.68. The molecule has 0 fully saturated rings. The fourth-order valence-corrected chi connectivity index (χ4v) is 4.08. The molecule has 0 aromatic heterocycles. The van der Waals surface area contributed by atoms with Gasteiger partial charge < -0.3 is 0 Å². The molecule has 0 aliphatic rings. The number of hydrogen-bond acceptors (Lipinski definition) is 0. The molecule has 0 heteroatoms. The van der Waals surface area contributed by atoms with Gasteiger partial charge in [0.15, 0.2) is 0 Å². The molecule has 0 amide bonds. The van der Waals surface area contributed by atoms with E-state index in [0.717, 1.165) is 0 Å². The smallest absolute Gasteiger partial charge is 0.00176 e. The number of benzene rings is 5. The predicted molar refractivity (Wildman–Crippen MR) is 106 cm³/mol. The van der Waals surface area contributed by atoms with Crippen LogP contribution in [0.5, 0.6) is 0 Å². The monoisotopic (exact) mass is 306 g/mol. The molecule has 5 rings (SSSR count). The Kier molecular flexibility index (Phi) is 2.72. The maximum absolute atomic E-state index is 2.29. The summed E-state index contributed by atoms with van der Waals surface area (Å²) >= 11 is 0. The maximum atomic E-state index is 2.29. The van der Waals surface area contributed by atoms with E-state index in [0.29, 0.717) is 0 Å². The van der Waals surface area contributed by atoms with Crippen LogP contribution in [0, 0.1) is 13.8 Å². The van der Waals surface area contributed by atoms with Crippen LogP contribution in [0.3, 0.4) is 0 Å². The molecule has 0 spiro atoms. The fourth-order valence-electron chi connectivity index (χ4n) is 4.08. The van der Waals surface area contributed by atoms with Gasteiger partial charge in [0.2, 0.25) is 0 Å².